The van der Waals surface area contributed by atoms with Gasteiger partial charge >= 0.3 is 0 Å². The molecule has 0 heterocycles. The van der Waals surface area contributed by atoms with Crippen LogP contribution in [0.3, 0.4) is 0 Å². The molecule has 0 saturated carbocycles. The van der Waals surface area contributed by atoms with Gasteiger partial charge in [0.05, 0.1) is 0 Å². The molecule has 0 amide bonds. The molecule has 18 heavy (non-hydrogen) atoms. The molecule has 0 aliphatic heterocycles. The summed E-state index contributed by atoms with van der Waals surface area (Å²) in [5.41, 5.74) is 2.43. The summed E-state index contributed by atoms with van der Waals surface area (Å²) >= 11 is 0. The lowest BCUT2D eigenvalue weighted by molar-refractivity contribution is 1.40. The minimum Gasteiger partial charge on any atom is -0.0990 e. The van der Waals surface area contributed by atoms with Crippen molar-refractivity contribution in [1.29, 1.82) is 0 Å². The van der Waals surface area contributed by atoms with Gasteiger partial charge in [-0.15, -0.1) is 0 Å². The van der Waals surface area contributed by atoms with E-state index in [9.17, 15) is 0 Å². The largest absolute Gasteiger partial charge is 0.0990 e. The third-order valence-corrected chi connectivity index (χ3v) is 1.96. The van der Waals surface area contributed by atoms with Gasteiger partial charge in [-0.1, -0.05) is 89.0 Å². The molecule has 1 aliphatic rings. The molecule has 0 nitrogen and oxygen atoms in total. The molecule has 0 aromatic carbocycles. The number of hydrogen-bond donors (Lipinski definition) is 0. The van der Waals surface area contributed by atoms with Gasteiger partial charge in [0.15, 0.2) is 0 Å². The van der Waals surface area contributed by atoms with Gasteiger partial charge in [0, 0.05) is 0 Å². The van der Waals surface area contributed by atoms with E-state index in [1.54, 1.807) is 0 Å². The molecule has 0 heteroatoms. The smallest absolute Gasteiger partial charge is 0.0163 e. The normalized spacial score (nSPS) is 13.8. The van der Waals surface area contributed by atoms with Gasteiger partial charge < -0.3 is 0 Å². The second-order valence-corrected chi connectivity index (χ2v) is 3.05. The van der Waals surface area contributed by atoms with Crippen molar-refractivity contribution in [1.82, 2.24) is 0 Å². The Kier molecular flexibility index (Phi) is 16.1. The third kappa shape index (κ3) is 8.58. The fraction of sp³-hybridized carbons (Fsp3) is 0.333. The summed E-state index contributed by atoms with van der Waals surface area (Å²) in [5, 5.41) is 0. The van der Waals surface area contributed by atoms with Crippen molar-refractivity contribution in [3.8, 4) is 0 Å². The van der Waals surface area contributed by atoms with Gasteiger partial charge in [0.25, 0.3) is 0 Å². The highest BCUT2D eigenvalue weighted by Gasteiger charge is 1.96. The lowest BCUT2D eigenvalue weighted by Gasteiger charge is -2.00. The summed E-state index contributed by atoms with van der Waals surface area (Å²) in [5.74, 6) is 0. The lowest BCUT2D eigenvalue weighted by Crippen LogP contribution is -1.81. The first-order valence-electron chi connectivity index (χ1n) is 6.87. The Hall–Kier alpha value is -1.56. The van der Waals surface area contributed by atoms with E-state index in [0.717, 1.165) is 6.42 Å². The van der Waals surface area contributed by atoms with E-state index in [1.165, 1.54) is 11.1 Å². The third-order valence-electron chi connectivity index (χ3n) is 1.96. The predicted molar refractivity (Wildman–Crippen MR) is 86.8 cm³/mol. The van der Waals surface area contributed by atoms with Gasteiger partial charge in [0.1, 0.15) is 0 Å². The van der Waals surface area contributed by atoms with E-state index in [-0.39, 0.29) is 0 Å². The van der Waals surface area contributed by atoms with Crippen LogP contribution in [-0.4, -0.2) is 0 Å². The zero-order chi connectivity index (χ0) is 14.2. The van der Waals surface area contributed by atoms with Crippen LogP contribution in [0.5, 0.6) is 0 Å². The second kappa shape index (κ2) is 15.4. The zero-order valence-corrected chi connectivity index (χ0v) is 12.6. The molecule has 0 unspecified atom stereocenters. The number of allylic oxidation sites excluding steroid dienone is 11. The highest BCUT2D eigenvalue weighted by Crippen LogP contribution is 2.16. The Morgan fingerprint density at radius 3 is 2.39 bits per heavy atom. The van der Waals surface area contributed by atoms with Crippen LogP contribution < -0.4 is 0 Å². The van der Waals surface area contributed by atoms with Crippen LogP contribution in [0.4, 0.5) is 0 Å². The molecule has 0 fully saturated rings. The molecule has 0 aromatic rings. The summed E-state index contributed by atoms with van der Waals surface area (Å²) in [6, 6.07) is 0. The van der Waals surface area contributed by atoms with Gasteiger partial charge in [-0.2, -0.15) is 0 Å². The molecule has 0 radical (unpaired) electrons. The molecule has 100 valence electrons. The monoisotopic (exact) mass is 244 g/mol. The Morgan fingerprint density at radius 2 is 1.83 bits per heavy atom. The maximum atomic E-state index is 3.72. The molecular weight excluding hydrogens is 216 g/mol. The summed E-state index contributed by atoms with van der Waals surface area (Å²) < 4.78 is 0. The van der Waals surface area contributed by atoms with Crippen LogP contribution in [-0.2, 0) is 0 Å². The lowest BCUT2D eigenvalue weighted by atomic mass is 10.0. The maximum absolute atomic E-state index is 3.72. The van der Waals surface area contributed by atoms with Crippen LogP contribution in [0.1, 0.15) is 41.0 Å². The SMILES string of the molecule is C=C/C=C(\C=C/C)C1=CC=CCC=C1.CC.CC. The highest BCUT2D eigenvalue weighted by atomic mass is 14.0. The van der Waals surface area contributed by atoms with E-state index in [1.807, 2.05) is 52.8 Å². The van der Waals surface area contributed by atoms with E-state index < -0.39 is 0 Å². The first kappa shape index (κ1) is 18.8. The van der Waals surface area contributed by atoms with Gasteiger partial charge in [-0.05, 0) is 24.5 Å². The van der Waals surface area contributed by atoms with E-state index in [2.05, 4.69) is 43.0 Å². The molecule has 0 spiro atoms. The standard InChI is InChI=1S/C14H16.2C2H6/c1-3-9-13(10-4-2)14-11-7-5-6-8-12-14;2*1-2/h3-5,7-12H,1,6H2,2H3;2*1-2H3/b10-4-,13-9+;;. The second-order valence-electron chi connectivity index (χ2n) is 3.05. The summed E-state index contributed by atoms with van der Waals surface area (Å²) in [7, 11) is 0. The molecule has 0 N–H and O–H groups in total. The van der Waals surface area contributed by atoms with E-state index >= 15 is 0 Å². The van der Waals surface area contributed by atoms with Crippen molar-refractivity contribution in [3.05, 3.63) is 72.4 Å². The molecular formula is C18H28. The van der Waals surface area contributed by atoms with E-state index in [4.69, 9.17) is 0 Å². The van der Waals surface area contributed by atoms with Crippen molar-refractivity contribution >= 4 is 0 Å². The van der Waals surface area contributed by atoms with E-state index in [0.29, 0.717) is 0 Å². The maximum Gasteiger partial charge on any atom is -0.0163 e. The van der Waals surface area contributed by atoms with Crippen molar-refractivity contribution in [3.63, 3.8) is 0 Å². The Labute approximate surface area is 114 Å². The summed E-state index contributed by atoms with van der Waals surface area (Å²) in [6.07, 6.45) is 19.7. The number of hydrogen-bond acceptors (Lipinski definition) is 0. The van der Waals surface area contributed by atoms with Crippen molar-refractivity contribution in [2.24, 2.45) is 0 Å². The molecule has 0 bridgehead atoms. The minimum absolute atomic E-state index is 1.01. The van der Waals surface area contributed by atoms with Crippen LogP contribution in [0.2, 0.25) is 0 Å². The Bertz CT molecular complexity index is 333. The Balaban J connectivity index is 0. The topological polar surface area (TPSA) is 0 Å². The zero-order valence-electron chi connectivity index (χ0n) is 12.6. The molecule has 0 aromatic heterocycles. The first-order valence-corrected chi connectivity index (χ1v) is 6.87. The number of rotatable bonds is 3. The molecule has 0 atom stereocenters. The fourth-order valence-corrected chi connectivity index (χ4v) is 1.33. The van der Waals surface area contributed by atoms with Gasteiger partial charge in [-0.25, -0.2) is 0 Å². The average Bonchev–Trinajstić information content (AvgIpc) is 2.72. The van der Waals surface area contributed by atoms with Crippen molar-refractivity contribution in [2.45, 2.75) is 41.0 Å². The predicted octanol–water partition coefficient (Wildman–Crippen LogP) is 6.17. The van der Waals surface area contributed by atoms with Crippen LogP contribution in [0, 0.1) is 0 Å². The molecule has 0 saturated heterocycles. The first-order chi connectivity index (χ1) is 8.88. The van der Waals surface area contributed by atoms with Crippen LogP contribution in [0.15, 0.2) is 72.4 Å². The van der Waals surface area contributed by atoms with Crippen molar-refractivity contribution < 1.29 is 0 Å². The van der Waals surface area contributed by atoms with Crippen molar-refractivity contribution in [2.75, 3.05) is 0 Å². The van der Waals surface area contributed by atoms with Gasteiger partial charge in [0.2, 0.25) is 0 Å². The fourth-order valence-electron chi connectivity index (χ4n) is 1.33. The highest BCUT2D eigenvalue weighted by molar-refractivity contribution is 5.50. The molecule has 1 aliphatic carbocycles. The quantitative estimate of drug-likeness (QED) is 0.521. The summed E-state index contributed by atoms with van der Waals surface area (Å²) in [6.45, 7) is 13.7. The van der Waals surface area contributed by atoms with Crippen LogP contribution in [0.25, 0.3) is 0 Å². The minimum atomic E-state index is 1.01. The average molecular weight is 244 g/mol. The van der Waals surface area contributed by atoms with Gasteiger partial charge in [-0.3, -0.25) is 0 Å². The summed E-state index contributed by atoms with van der Waals surface area (Å²) in [4.78, 5) is 0. The Morgan fingerprint density at radius 1 is 1.17 bits per heavy atom. The van der Waals surface area contributed by atoms with Crippen LogP contribution >= 0.6 is 0 Å². The molecule has 1 rings (SSSR count).